The van der Waals surface area contributed by atoms with Crippen molar-refractivity contribution in [2.45, 2.75) is 19.3 Å². The van der Waals surface area contributed by atoms with Gasteiger partial charge in [0, 0.05) is 50.8 Å². The minimum Gasteiger partial charge on any atom is -0.662 e. The number of nitriles is 1. The fraction of sp³-hybridized carbons (Fsp3) is 0.389. The van der Waals surface area contributed by atoms with Crippen LogP contribution in [0.25, 0.3) is 16.2 Å². The van der Waals surface area contributed by atoms with Crippen molar-refractivity contribution in [3.05, 3.63) is 56.5 Å². The molecule has 26 heavy (non-hydrogen) atoms. The Bertz CT molecular complexity index is 697. The molecule has 135 valence electrons. The normalized spacial score (nSPS) is 16.5. The zero-order chi connectivity index (χ0) is 18.1. The van der Waals surface area contributed by atoms with Gasteiger partial charge in [-0.05, 0) is 37.0 Å². The van der Waals surface area contributed by atoms with Crippen LogP contribution < -0.4 is 5.73 Å². The van der Waals surface area contributed by atoms with Crippen molar-refractivity contribution >= 4 is 23.4 Å². The van der Waals surface area contributed by atoms with Crippen molar-refractivity contribution in [3.63, 3.8) is 0 Å². The van der Waals surface area contributed by atoms with Gasteiger partial charge in [-0.25, -0.2) is 0 Å². The summed E-state index contributed by atoms with van der Waals surface area (Å²) in [4.78, 5) is 4.18. The SMILES string of the molecule is N#CC(=C1CC[N-]CC1)c1ccc(Cl)cn1.N=CC1=C(N)CC[N-]C1.[Y]. The number of hydrogen-bond acceptors (Lipinski definition) is 4. The Labute approximate surface area is 184 Å². The number of halogens is 1. The van der Waals surface area contributed by atoms with Gasteiger partial charge >= 0.3 is 0 Å². The molecule has 0 amide bonds. The van der Waals surface area contributed by atoms with E-state index in [4.69, 9.17) is 22.7 Å². The second-order valence-electron chi connectivity index (χ2n) is 5.67. The second-order valence-corrected chi connectivity index (χ2v) is 6.11. The molecule has 0 bridgehead atoms. The maximum absolute atomic E-state index is 9.19. The summed E-state index contributed by atoms with van der Waals surface area (Å²) in [5.41, 5.74) is 9.83. The van der Waals surface area contributed by atoms with Crippen LogP contribution >= 0.6 is 11.6 Å². The first-order valence-corrected chi connectivity index (χ1v) is 8.52. The first-order valence-electron chi connectivity index (χ1n) is 8.14. The number of nitrogens with zero attached hydrogens (tertiary/aromatic N) is 4. The average Bonchev–Trinajstić information content (AvgIpc) is 2.66. The van der Waals surface area contributed by atoms with E-state index in [1.54, 1.807) is 18.3 Å². The smallest absolute Gasteiger partial charge is 0.101 e. The molecule has 2 aliphatic rings. The van der Waals surface area contributed by atoms with E-state index in [0.717, 1.165) is 55.7 Å². The summed E-state index contributed by atoms with van der Waals surface area (Å²) in [5, 5.41) is 25.0. The van der Waals surface area contributed by atoms with Crippen LogP contribution in [0.2, 0.25) is 5.02 Å². The van der Waals surface area contributed by atoms with Crippen LogP contribution in [-0.2, 0) is 32.7 Å². The molecule has 3 rings (SSSR count). The van der Waals surface area contributed by atoms with Gasteiger partial charge in [-0.15, -0.1) is 26.2 Å². The van der Waals surface area contributed by atoms with Crippen LogP contribution in [0.3, 0.4) is 0 Å². The quantitative estimate of drug-likeness (QED) is 0.533. The number of pyridine rings is 1. The minimum absolute atomic E-state index is 0. The first kappa shape index (κ1) is 22.9. The predicted molar refractivity (Wildman–Crippen MR) is 102 cm³/mol. The van der Waals surface area contributed by atoms with Crippen LogP contribution in [0.5, 0.6) is 0 Å². The summed E-state index contributed by atoms with van der Waals surface area (Å²) in [6.07, 6.45) is 5.42. The van der Waals surface area contributed by atoms with Crippen LogP contribution in [-0.4, -0.2) is 37.4 Å². The van der Waals surface area contributed by atoms with Gasteiger partial charge in [0.05, 0.1) is 16.3 Å². The largest absolute Gasteiger partial charge is 0.662 e. The van der Waals surface area contributed by atoms with Crippen molar-refractivity contribution in [1.82, 2.24) is 4.98 Å². The van der Waals surface area contributed by atoms with E-state index in [1.165, 1.54) is 6.21 Å². The maximum Gasteiger partial charge on any atom is 0.101 e. The van der Waals surface area contributed by atoms with Crippen LogP contribution in [0.15, 0.2) is 35.2 Å². The standard InChI is InChI=1S/C12H11ClN3.C6H10N3.Y/c13-10-1-2-12(16-8-10)11(7-14)9-3-5-15-6-4-9;7-3-5-4-9-2-1-6(5)8;/h1-2,8H,3-6H2;3,7H,1-2,4,8H2;/q2*-1;. The monoisotopic (exact) mass is 445 g/mol. The summed E-state index contributed by atoms with van der Waals surface area (Å²) in [6.45, 7) is 3.08. The molecule has 1 aromatic heterocycles. The van der Waals surface area contributed by atoms with Gasteiger partial charge in [-0.2, -0.15) is 5.26 Å². The molecular weight excluding hydrogens is 425 g/mol. The molecule has 8 heteroatoms. The van der Waals surface area contributed by atoms with Gasteiger partial charge in [-0.3, -0.25) is 4.98 Å². The molecule has 3 heterocycles. The van der Waals surface area contributed by atoms with Crippen molar-refractivity contribution in [1.29, 1.82) is 10.7 Å². The van der Waals surface area contributed by atoms with Gasteiger partial charge in [0.2, 0.25) is 0 Å². The fourth-order valence-corrected chi connectivity index (χ4v) is 2.67. The molecular formula is C18H21ClN6Y-2. The van der Waals surface area contributed by atoms with Gasteiger partial charge in [0.25, 0.3) is 0 Å². The van der Waals surface area contributed by atoms with E-state index in [0.29, 0.717) is 22.8 Å². The van der Waals surface area contributed by atoms with Crippen molar-refractivity contribution in [3.8, 4) is 6.07 Å². The fourth-order valence-electron chi connectivity index (χ4n) is 2.56. The van der Waals surface area contributed by atoms with Crippen LogP contribution in [0.1, 0.15) is 25.0 Å². The number of hydrogen-bond donors (Lipinski definition) is 2. The van der Waals surface area contributed by atoms with Crippen molar-refractivity contribution in [2.24, 2.45) is 5.73 Å². The van der Waals surface area contributed by atoms with E-state index in [2.05, 4.69) is 21.7 Å². The number of piperidine rings is 1. The van der Waals surface area contributed by atoms with Gasteiger partial charge < -0.3 is 21.8 Å². The van der Waals surface area contributed by atoms with Gasteiger partial charge in [0.15, 0.2) is 0 Å². The van der Waals surface area contributed by atoms with Gasteiger partial charge in [0.1, 0.15) is 6.07 Å². The third-order valence-corrected chi connectivity index (χ3v) is 4.22. The molecule has 1 saturated heterocycles. The molecule has 0 spiro atoms. The molecule has 0 atom stereocenters. The predicted octanol–water partition coefficient (Wildman–Crippen LogP) is 3.80. The van der Waals surface area contributed by atoms with Crippen molar-refractivity contribution in [2.75, 3.05) is 26.2 Å². The zero-order valence-electron chi connectivity index (χ0n) is 14.6. The summed E-state index contributed by atoms with van der Waals surface area (Å²) in [5.74, 6) is 0. The molecule has 1 radical (unpaired) electrons. The van der Waals surface area contributed by atoms with E-state index in [-0.39, 0.29) is 32.7 Å². The van der Waals surface area contributed by atoms with E-state index < -0.39 is 0 Å². The molecule has 1 fully saturated rings. The number of aromatic nitrogens is 1. The number of nitrogens with two attached hydrogens (primary N) is 1. The van der Waals surface area contributed by atoms with E-state index >= 15 is 0 Å². The van der Waals surface area contributed by atoms with Gasteiger partial charge in [-0.1, -0.05) is 17.2 Å². The van der Waals surface area contributed by atoms with Crippen LogP contribution in [0, 0.1) is 16.7 Å². The molecule has 0 saturated carbocycles. The Morgan fingerprint density at radius 3 is 2.42 bits per heavy atom. The number of allylic oxidation sites excluding steroid dienone is 1. The Morgan fingerprint density at radius 2 is 1.92 bits per heavy atom. The summed E-state index contributed by atoms with van der Waals surface area (Å²) in [7, 11) is 0. The Balaban J connectivity index is 0.000000290. The molecule has 2 aliphatic heterocycles. The molecule has 0 aliphatic carbocycles. The Kier molecular flexibility index (Phi) is 10.9. The molecule has 0 aromatic carbocycles. The zero-order valence-corrected chi connectivity index (χ0v) is 18.2. The Morgan fingerprint density at radius 1 is 1.23 bits per heavy atom. The third-order valence-electron chi connectivity index (χ3n) is 4.00. The molecule has 6 nitrogen and oxygen atoms in total. The second kappa shape index (κ2) is 12.3. The summed E-state index contributed by atoms with van der Waals surface area (Å²) >= 11 is 5.77. The average molecular weight is 446 g/mol. The number of rotatable bonds is 2. The van der Waals surface area contributed by atoms with Crippen molar-refractivity contribution < 1.29 is 32.7 Å². The summed E-state index contributed by atoms with van der Waals surface area (Å²) in [6, 6.07) is 5.79. The topological polar surface area (TPSA) is 115 Å². The van der Waals surface area contributed by atoms with Crippen LogP contribution in [0.4, 0.5) is 0 Å². The molecule has 3 N–H and O–H groups in total. The molecule has 0 unspecified atom stereocenters. The molecule has 1 aromatic rings. The van der Waals surface area contributed by atoms with E-state index in [9.17, 15) is 5.26 Å². The van der Waals surface area contributed by atoms with E-state index in [1.807, 2.05) is 0 Å². The third kappa shape index (κ3) is 6.90. The summed E-state index contributed by atoms with van der Waals surface area (Å²) < 4.78 is 0. The maximum atomic E-state index is 9.19. The number of nitrogens with one attached hydrogen (secondary N) is 1. The minimum atomic E-state index is 0. The first-order chi connectivity index (χ1) is 12.2. The Hall–Kier alpha value is -1.10.